The molecule has 0 saturated carbocycles. The minimum absolute atomic E-state index is 0.139. The molecule has 4 nitrogen and oxygen atoms in total. The molecule has 3 N–H and O–H groups in total. The molecule has 3 unspecified atom stereocenters. The molecule has 0 radical (unpaired) electrons. The van der Waals surface area contributed by atoms with Gasteiger partial charge in [0.2, 0.25) is 0 Å². The van der Waals surface area contributed by atoms with Crippen molar-refractivity contribution in [1.29, 1.82) is 0 Å². The number of ether oxygens (including phenoxy) is 1. The van der Waals surface area contributed by atoms with Crippen molar-refractivity contribution in [3.63, 3.8) is 0 Å². The molecular weight excluding hydrogens is 282 g/mol. The van der Waals surface area contributed by atoms with E-state index in [9.17, 15) is 5.11 Å². The predicted molar refractivity (Wildman–Crippen MR) is 81.8 cm³/mol. The summed E-state index contributed by atoms with van der Waals surface area (Å²) in [7, 11) is 0. The number of thioether (sulfide) groups is 1. The van der Waals surface area contributed by atoms with Crippen LogP contribution in [0.15, 0.2) is 17.5 Å². The first-order chi connectivity index (χ1) is 9.17. The van der Waals surface area contributed by atoms with Gasteiger partial charge in [-0.05, 0) is 24.6 Å². The summed E-state index contributed by atoms with van der Waals surface area (Å²) in [4.78, 5) is 1.16. The van der Waals surface area contributed by atoms with Crippen molar-refractivity contribution in [2.24, 2.45) is 0 Å². The average Bonchev–Trinajstić information content (AvgIpc) is 2.91. The maximum absolute atomic E-state index is 9.80. The third-order valence-electron chi connectivity index (χ3n) is 2.85. The van der Waals surface area contributed by atoms with Crippen molar-refractivity contribution in [1.82, 2.24) is 5.32 Å². The molecule has 0 aliphatic carbocycles. The summed E-state index contributed by atoms with van der Waals surface area (Å²) >= 11 is 3.27. The Morgan fingerprint density at radius 3 is 2.89 bits per heavy atom. The fourth-order valence-corrected chi connectivity index (χ4v) is 2.93. The van der Waals surface area contributed by atoms with Gasteiger partial charge in [0.05, 0.1) is 25.9 Å². The highest BCUT2D eigenvalue weighted by molar-refractivity contribution is 7.99. The molecule has 0 fully saturated rings. The number of rotatable bonds is 10. The Morgan fingerprint density at radius 2 is 2.32 bits per heavy atom. The zero-order chi connectivity index (χ0) is 14.1. The monoisotopic (exact) mass is 305 g/mol. The Balaban J connectivity index is 2.11. The van der Waals surface area contributed by atoms with Crippen LogP contribution in [-0.2, 0) is 11.3 Å². The Labute approximate surface area is 123 Å². The number of aliphatic hydroxyl groups excluding tert-OH is 2. The summed E-state index contributed by atoms with van der Waals surface area (Å²) in [6.07, 6.45) is 1.45. The van der Waals surface area contributed by atoms with Gasteiger partial charge in [0.1, 0.15) is 0 Å². The molecule has 0 bridgehead atoms. The van der Waals surface area contributed by atoms with Crippen LogP contribution in [0.5, 0.6) is 0 Å². The molecule has 1 rings (SSSR count). The lowest BCUT2D eigenvalue weighted by Crippen LogP contribution is -2.42. The molecule has 1 aromatic rings. The van der Waals surface area contributed by atoms with E-state index in [0.717, 1.165) is 4.88 Å². The van der Waals surface area contributed by atoms with Crippen molar-refractivity contribution in [2.45, 2.75) is 30.9 Å². The van der Waals surface area contributed by atoms with E-state index in [0.29, 0.717) is 19.8 Å². The fourth-order valence-electron chi connectivity index (χ4n) is 1.64. The normalized spacial score (nSPS) is 16.2. The SMILES string of the molecule is CSC(CO)C(C)NCC(O)COCc1cccs1. The molecule has 6 heteroatoms. The van der Waals surface area contributed by atoms with Crippen LogP contribution >= 0.6 is 23.1 Å². The Bertz CT molecular complexity index is 318. The summed E-state index contributed by atoms with van der Waals surface area (Å²) in [5.74, 6) is 0. The smallest absolute Gasteiger partial charge is 0.0897 e. The average molecular weight is 305 g/mol. The van der Waals surface area contributed by atoms with Gasteiger partial charge in [0, 0.05) is 22.7 Å². The predicted octanol–water partition coefficient (Wildman–Crippen LogP) is 1.33. The first-order valence-corrected chi connectivity index (χ1v) is 8.49. The summed E-state index contributed by atoms with van der Waals surface area (Å²) < 4.78 is 5.45. The lowest BCUT2D eigenvalue weighted by Gasteiger charge is -2.22. The molecule has 0 saturated heterocycles. The summed E-state index contributed by atoms with van der Waals surface area (Å²) in [6.45, 7) is 3.49. The maximum Gasteiger partial charge on any atom is 0.0897 e. The molecule has 0 spiro atoms. The molecule has 0 aliphatic heterocycles. The first kappa shape index (κ1) is 16.9. The van der Waals surface area contributed by atoms with Crippen LogP contribution in [0.2, 0.25) is 0 Å². The van der Waals surface area contributed by atoms with E-state index < -0.39 is 6.10 Å². The minimum Gasteiger partial charge on any atom is -0.395 e. The largest absolute Gasteiger partial charge is 0.395 e. The van der Waals surface area contributed by atoms with Crippen LogP contribution in [-0.4, -0.2) is 53.6 Å². The van der Waals surface area contributed by atoms with E-state index in [1.807, 2.05) is 30.7 Å². The van der Waals surface area contributed by atoms with Crippen LogP contribution < -0.4 is 5.32 Å². The molecule has 3 atom stereocenters. The Kier molecular flexibility index (Phi) is 8.69. The summed E-state index contributed by atoms with van der Waals surface area (Å²) in [6, 6.07) is 4.16. The molecule has 0 aliphatic rings. The van der Waals surface area contributed by atoms with Gasteiger partial charge in [-0.2, -0.15) is 11.8 Å². The van der Waals surface area contributed by atoms with Crippen LogP contribution in [0.25, 0.3) is 0 Å². The van der Waals surface area contributed by atoms with E-state index in [-0.39, 0.29) is 17.9 Å². The van der Waals surface area contributed by atoms with Crippen molar-refractivity contribution in [3.05, 3.63) is 22.4 Å². The molecule has 19 heavy (non-hydrogen) atoms. The molecule has 1 aromatic heterocycles. The van der Waals surface area contributed by atoms with Gasteiger partial charge in [0.25, 0.3) is 0 Å². The highest BCUT2D eigenvalue weighted by Crippen LogP contribution is 2.11. The van der Waals surface area contributed by atoms with Gasteiger partial charge in [-0.25, -0.2) is 0 Å². The Morgan fingerprint density at radius 1 is 1.53 bits per heavy atom. The van der Waals surface area contributed by atoms with Gasteiger partial charge >= 0.3 is 0 Å². The van der Waals surface area contributed by atoms with E-state index in [2.05, 4.69) is 5.32 Å². The van der Waals surface area contributed by atoms with Crippen LogP contribution in [0.4, 0.5) is 0 Å². The second-order valence-corrected chi connectivity index (χ2v) is 6.51. The van der Waals surface area contributed by atoms with E-state index >= 15 is 0 Å². The highest BCUT2D eigenvalue weighted by atomic mass is 32.2. The van der Waals surface area contributed by atoms with Crippen molar-refractivity contribution >= 4 is 23.1 Å². The highest BCUT2D eigenvalue weighted by Gasteiger charge is 2.15. The number of thiophene rings is 1. The zero-order valence-corrected chi connectivity index (χ0v) is 13.0. The standard InChI is InChI=1S/C13H23NO3S2/c1-10(13(7-15)18-2)14-6-11(16)8-17-9-12-4-3-5-19-12/h3-5,10-11,13-16H,6-9H2,1-2H3. The third-order valence-corrected chi connectivity index (χ3v) is 4.86. The number of nitrogens with one attached hydrogen (secondary N) is 1. The maximum atomic E-state index is 9.80. The van der Waals surface area contributed by atoms with Gasteiger partial charge in [-0.15, -0.1) is 11.3 Å². The van der Waals surface area contributed by atoms with E-state index in [1.165, 1.54) is 0 Å². The van der Waals surface area contributed by atoms with Crippen LogP contribution in [0.3, 0.4) is 0 Å². The lowest BCUT2D eigenvalue weighted by molar-refractivity contribution is 0.0286. The second-order valence-electron chi connectivity index (χ2n) is 4.40. The van der Waals surface area contributed by atoms with Gasteiger partial charge in [-0.1, -0.05) is 6.07 Å². The van der Waals surface area contributed by atoms with Crippen molar-refractivity contribution in [2.75, 3.05) is 26.0 Å². The fraction of sp³-hybridized carbons (Fsp3) is 0.692. The molecular formula is C13H23NO3S2. The van der Waals surface area contributed by atoms with Gasteiger partial charge < -0.3 is 20.3 Å². The molecule has 1 heterocycles. The number of hydrogen-bond donors (Lipinski definition) is 3. The van der Waals surface area contributed by atoms with Crippen LogP contribution in [0, 0.1) is 0 Å². The quantitative estimate of drug-likeness (QED) is 0.609. The number of hydrogen-bond acceptors (Lipinski definition) is 6. The Hall–Kier alpha value is -0.110. The van der Waals surface area contributed by atoms with E-state index in [1.54, 1.807) is 23.1 Å². The lowest BCUT2D eigenvalue weighted by atomic mass is 10.2. The number of aliphatic hydroxyl groups is 2. The zero-order valence-electron chi connectivity index (χ0n) is 11.4. The third kappa shape index (κ3) is 6.74. The molecule has 110 valence electrons. The molecule has 0 amide bonds. The van der Waals surface area contributed by atoms with Gasteiger partial charge in [-0.3, -0.25) is 0 Å². The summed E-state index contributed by atoms with van der Waals surface area (Å²) in [5, 5.41) is 24.3. The van der Waals surface area contributed by atoms with Gasteiger partial charge in [0.15, 0.2) is 0 Å². The van der Waals surface area contributed by atoms with Crippen molar-refractivity contribution in [3.8, 4) is 0 Å². The second kappa shape index (κ2) is 9.74. The summed E-state index contributed by atoms with van der Waals surface area (Å²) in [5.41, 5.74) is 0. The first-order valence-electron chi connectivity index (χ1n) is 6.32. The topological polar surface area (TPSA) is 61.7 Å². The molecule has 0 aromatic carbocycles. The van der Waals surface area contributed by atoms with Crippen molar-refractivity contribution < 1.29 is 14.9 Å². The minimum atomic E-state index is -0.524. The van der Waals surface area contributed by atoms with Crippen LogP contribution in [0.1, 0.15) is 11.8 Å². The van der Waals surface area contributed by atoms with E-state index in [4.69, 9.17) is 9.84 Å².